The van der Waals surface area contributed by atoms with Crippen LogP contribution < -0.4 is 5.32 Å². The van der Waals surface area contributed by atoms with Gasteiger partial charge in [-0.1, -0.05) is 15.9 Å². The number of pyridine rings is 1. The fourth-order valence-corrected chi connectivity index (χ4v) is 3.80. The lowest BCUT2D eigenvalue weighted by Gasteiger charge is -2.24. The number of nitrogens with zero attached hydrogens (tertiary/aromatic N) is 2. The summed E-state index contributed by atoms with van der Waals surface area (Å²) in [5.74, 6) is -1.72. The Morgan fingerprint density at radius 1 is 1.21 bits per heavy atom. The zero-order valence-corrected chi connectivity index (χ0v) is 16.4. The van der Waals surface area contributed by atoms with Gasteiger partial charge in [-0.05, 0) is 24.3 Å². The van der Waals surface area contributed by atoms with Gasteiger partial charge < -0.3 is 14.5 Å². The van der Waals surface area contributed by atoms with Crippen LogP contribution in [-0.2, 0) is 17.3 Å². The van der Waals surface area contributed by atoms with Gasteiger partial charge in [0.1, 0.15) is 17.3 Å². The second kappa shape index (κ2) is 7.66. The number of fused-ring (bicyclic) bond motifs is 1. The maximum atomic E-state index is 14.6. The number of hydrogen-bond donors (Lipinski definition) is 1. The molecule has 0 spiro atoms. The summed E-state index contributed by atoms with van der Waals surface area (Å²) in [4.78, 5) is 4.17. The van der Waals surface area contributed by atoms with Gasteiger partial charge in [-0.25, -0.2) is 13.8 Å². The molecular weight excluding hydrogens is 461 g/mol. The molecule has 154 valence electrons. The van der Waals surface area contributed by atoms with E-state index in [0.29, 0.717) is 25.4 Å². The topological polar surface area (TPSA) is 38.6 Å². The minimum atomic E-state index is -4.56. The molecule has 0 bridgehead atoms. The Hall–Kier alpha value is -2.04. The number of aromatic nitrogens is 2. The van der Waals surface area contributed by atoms with Crippen LogP contribution in [-0.4, -0.2) is 35.2 Å². The molecule has 29 heavy (non-hydrogen) atoms. The summed E-state index contributed by atoms with van der Waals surface area (Å²) >= 11 is 3.02. The van der Waals surface area contributed by atoms with Crippen molar-refractivity contribution in [2.45, 2.75) is 18.7 Å². The summed E-state index contributed by atoms with van der Waals surface area (Å²) in [6.07, 6.45) is -3.41. The number of morpholine rings is 1. The summed E-state index contributed by atoms with van der Waals surface area (Å²) in [7, 11) is 0. The molecular formula is C19H15BrF5N3O. The third kappa shape index (κ3) is 4.01. The molecule has 0 radical (unpaired) electrons. The van der Waals surface area contributed by atoms with Crippen molar-refractivity contribution in [3.63, 3.8) is 0 Å². The van der Waals surface area contributed by atoms with Gasteiger partial charge >= 0.3 is 6.18 Å². The molecule has 10 heteroatoms. The second-order valence-electron chi connectivity index (χ2n) is 6.69. The lowest BCUT2D eigenvalue weighted by atomic mass is 10.0. The van der Waals surface area contributed by atoms with Crippen molar-refractivity contribution in [2.75, 3.05) is 19.7 Å². The Bertz CT molecular complexity index is 1040. The summed E-state index contributed by atoms with van der Waals surface area (Å²) in [5, 5.41) is 3.16. The summed E-state index contributed by atoms with van der Waals surface area (Å²) < 4.78 is 75.8. The third-order valence-corrected chi connectivity index (χ3v) is 5.18. The summed E-state index contributed by atoms with van der Waals surface area (Å²) in [6.45, 7) is 1.66. The van der Waals surface area contributed by atoms with Crippen molar-refractivity contribution in [2.24, 2.45) is 0 Å². The lowest BCUT2D eigenvalue weighted by molar-refractivity contribution is -0.137. The highest BCUT2D eigenvalue weighted by atomic mass is 79.9. The fourth-order valence-electron chi connectivity index (χ4n) is 3.40. The zero-order valence-electron chi connectivity index (χ0n) is 14.9. The van der Waals surface area contributed by atoms with E-state index in [4.69, 9.17) is 4.74 Å². The van der Waals surface area contributed by atoms with Crippen LogP contribution in [0.15, 0.2) is 34.9 Å². The van der Waals surface area contributed by atoms with Gasteiger partial charge in [-0.15, -0.1) is 0 Å². The second-order valence-corrected chi connectivity index (χ2v) is 7.61. The van der Waals surface area contributed by atoms with Crippen molar-refractivity contribution in [1.82, 2.24) is 14.7 Å². The van der Waals surface area contributed by atoms with Crippen LogP contribution in [0, 0.1) is 11.6 Å². The predicted octanol–water partition coefficient (Wildman–Crippen LogP) is 4.59. The first-order valence-electron chi connectivity index (χ1n) is 8.79. The molecule has 1 atom stereocenters. The Balaban J connectivity index is 1.90. The fraction of sp³-hybridized carbons (Fsp3) is 0.316. The molecule has 4 rings (SSSR count). The van der Waals surface area contributed by atoms with Crippen molar-refractivity contribution >= 4 is 21.6 Å². The monoisotopic (exact) mass is 475 g/mol. The average Bonchev–Trinajstić information content (AvgIpc) is 2.98. The largest absolute Gasteiger partial charge is 0.416 e. The number of imidazole rings is 1. The average molecular weight is 476 g/mol. The lowest BCUT2D eigenvalue weighted by Crippen LogP contribution is -2.39. The van der Waals surface area contributed by atoms with E-state index in [1.807, 2.05) is 0 Å². The van der Waals surface area contributed by atoms with Crippen molar-refractivity contribution in [3.8, 4) is 11.3 Å². The van der Waals surface area contributed by atoms with E-state index in [1.54, 1.807) is 0 Å². The number of halogens is 6. The van der Waals surface area contributed by atoms with E-state index >= 15 is 0 Å². The molecule has 2 aromatic heterocycles. The van der Waals surface area contributed by atoms with Crippen molar-refractivity contribution < 1.29 is 26.7 Å². The van der Waals surface area contributed by atoms with Crippen LogP contribution in [0.1, 0.15) is 11.3 Å². The molecule has 1 fully saturated rings. The molecule has 3 aromatic rings. The van der Waals surface area contributed by atoms with E-state index in [0.717, 1.165) is 24.3 Å². The summed E-state index contributed by atoms with van der Waals surface area (Å²) in [6, 6.07) is 3.95. The van der Waals surface area contributed by atoms with Crippen LogP contribution >= 0.6 is 15.9 Å². The van der Waals surface area contributed by atoms with Crippen LogP contribution in [0.3, 0.4) is 0 Å². The van der Waals surface area contributed by atoms with Gasteiger partial charge in [0, 0.05) is 30.2 Å². The first kappa shape index (κ1) is 20.2. The molecule has 0 unspecified atom stereocenters. The smallest absolute Gasteiger partial charge is 0.375 e. The highest BCUT2D eigenvalue weighted by molar-refractivity contribution is 9.10. The number of ether oxygens (including phenoxy) is 1. The van der Waals surface area contributed by atoms with E-state index in [-0.39, 0.29) is 33.9 Å². The molecule has 3 heterocycles. The van der Waals surface area contributed by atoms with Gasteiger partial charge in [0.2, 0.25) is 0 Å². The molecule has 0 amide bonds. The number of rotatable bonds is 3. The Kier molecular flexibility index (Phi) is 5.34. The van der Waals surface area contributed by atoms with Crippen LogP contribution in [0.2, 0.25) is 0 Å². The van der Waals surface area contributed by atoms with E-state index in [2.05, 4.69) is 26.2 Å². The minimum absolute atomic E-state index is 0.0407. The quantitative estimate of drug-likeness (QED) is 0.563. The maximum absolute atomic E-state index is 14.6. The SMILES string of the molecule is Fc1cc(Br)cc(F)c1-c1nc2cc(C(F)(F)F)ccn2c1C[C@H]1CNCCO1. The van der Waals surface area contributed by atoms with Gasteiger partial charge in [0.05, 0.1) is 35.2 Å². The first-order valence-corrected chi connectivity index (χ1v) is 9.59. The van der Waals surface area contributed by atoms with E-state index in [9.17, 15) is 22.0 Å². The molecule has 0 aliphatic carbocycles. The molecule has 1 saturated heterocycles. The minimum Gasteiger partial charge on any atom is -0.375 e. The van der Waals surface area contributed by atoms with Crippen LogP contribution in [0.4, 0.5) is 22.0 Å². The van der Waals surface area contributed by atoms with E-state index in [1.165, 1.54) is 10.6 Å². The number of nitrogens with one attached hydrogen (secondary N) is 1. The van der Waals surface area contributed by atoms with Gasteiger partial charge in [-0.2, -0.15) is 13.2 Å². The molecule has 0 saturated carbocycles. The molecule has 4 nitrogen and oxygen atoms in total. The molecule has 1 aromatic carbocycles. The summed E-state index contributed by atoms with van der Waals surface area (Å²) in [5.41, 5.74) is -0.983. The highest BCUT2D eigenvalue weighted by Crippen LogP contribution is 2.35. The Morgan fingerprint density at radius 2 is 1.93 bits per heavy atom. The number of hydrogen-bond acceptors (Lipinski definition) is 3. The van der Waals surface area contributed by atoms with E-state index < -0.39 is 23.4 Å². The molecule has 1 aliphatic heterocycles. The highest BCUT2D eigenvalue weighted by Gasteiger charge is 2.32. The normalized spacial score (nSPS) is 17.8. The zero-order chi connectivity index (χ0) is 20.8. The van der Waals surface area contributed by atoms with Gasteiger partial charge in [-0.3, -0.25) is 0 Å². The van der Waals surface area contributed by atoms with Crippen molar-refractivity contribution in [1.29, 1.82) is 0 Å². The Morgan fingerprint density at radius 3 is 2.55 bits per heavy atom. The van der Waals surface area contributed by atoms with Gasteiger partial charge in [0.15, 0.2) is 0 Å². The maximum Gasteiger partial charge on any atom is 0.416 e. The van der Waals surface area contributed by atoms with Gasteiger partial charge in [0.25, 0.3) is 0 Å². The molecule has 1 aliphatic rings. The number of alkyl halides is 3. The third-order valence-electron chi connectivity index (χ3n) is 4.72. The van der Waals surface area contributed by atoms with Crippen molar-refractivity contribution in [3.05, 3.63) is 57.8 Å². The van der Waals surface area contributed by atoms with Crippen LogP contribution in [0.5, 0.6) is 0 Å². The standard InChI is InChI=1S/C19H15BrF5N3O/c20-11-6-13(21)17(14(22)7-11)18-15(8-12-9-26-2-4-29-12)28-3-1-10(19(23,24)25)5-16(28)27-18/h1,3,5-7,12,26H,2,4,8-9H2/t12-/m0/s1. The molecule has 1 N–H and O–H groups in total. The Labute approximate surface area is 170 Å². The van der Waals surface area contributed by atoms with Crippen LogP contribution in [0.25, 0.3) is 16.9 Å². The number of benzene rings is 1. The first-order chi connectivity index (χ1) is 13.7. The predicted molar refractivity (Wildman–Crippen MR) is 99.6 cm³/mol.